The van der Waals surface area contributed by atoms with Gasteiger partial charge in [-0.2, -0.15) is 0 Å². The summed E-state index contributed by atoms with van der Waals surface area (Å²) in [6, 6.07) is -1.85. The minimum atomic E-state index is -2.43. The Labute approximate surface area is 393 Å². The van der Waals surface area contributed by atoms with Gasteiger partial charge in [0.25, 0.3) is 11.7 Å². The molecule has 4 aliphatic rings. The molecule has 0 spiro atoms. The number of cyclic esters (lactones) is 1. The minimum Gasteiger partial charge on any atom is -0.460 e. The SMILES string of the molecule is CO[C@H]1C[C@@H]2CC[C@@H](C)[C@@](O)(O2)C(=O)C(=O)N2CCCC[C@H]2C(=O)O[C@H](C[C@H](O)[C@H](N)C[C@@H]2CC[C@@H](OC)[C@H](OC)C2)[C@H](C)/C=C(\C)[C@@H](O)[C@@H](OC)C(=O)[C@H](C)C[C@H](C)/C=C/C=C/C=C/1C. The van der Waals surface area contributed by atoms with Gasteiger partial charge in [-0.1, -0.05) is 64.2 Å². The number of nitrogens with two attached hydrogens (primary N) is 1. The first kappa shape index (κ1) is 55.5. The van der Waals surface area contributed by atoms with E-state index in [-0.39, 0.29) is 49.2 Å². The largest absolute Gasteiger partial charge is 0.460 e. The van der Waals surface area contributed by atoms with Crippen molar-refractivity contribution in [2.45, 2.75) is 185 Å². The second kappa shape index (κ2) is 26.0. The van der Waals surface area contributed by atoms with Crippen molar-refractivity contribution in [3.8, 4) is 0 Å². The lowest BCUT2D eigenvalue weighted by atomic mass is 9.80. The molecule has 15 heteroatoms. The number of piperidine rings is 1. The zero-order valence-corrected chi connectivity index (χ0v) is 41.3. The van der Waals surface area contributed by atoms with Gasteiger partial charge in [-0.15, -0.1) is 0 Å². The van der Waals surface area contributed by atoms with Gasteiger partial charge >= 0.3 is 5.97 Å². The van der Waals surface area contributed by atoms with Crippen molar-refractivity contribution in [1.29, 1.82) is 0 Å². The third-order valence-electron chi connectivity index (χ3n) is 14.7. The Morgan fingerprint density at radius 1 is 0.833 bits per heavy atom. The fraction of sp³-hybridized carbons (Fsp3) is 0.765. The van der Waals surface area contributed by atoms with Crippen molar-refractivity contribution in [3.63, 3.8) is 0 Å². The molecule has 0 aromatic carbocycles. The van der Waals surface area contributed by atoms with E-state index in [4.69, 9.17) is 34.2 Å². The summed E-state index contributed by atoms with van der Waals surface area (Å²) in [5.41, 5.74) is 7.98. The molecule has 3 heterocycles. The van der Waals surface area contributed by atoms with Crippen molar-refractivity contribution in [1.82, 2.24) is 4.90 Å². The molecule has 0 radical (unpaired) electrons. The molecule has 4 rings (SSSR count). The van der Waals surface area contributed by atoms with Crippen LogP contribution in [0.3, 0.4) is 0 Å². The van der Waals surface area contributed by atoms with Crippen LogP contribution in [0.25, 0.3) is 0 Å². The highest BCUT2D eigenvalue weighted by Crippen LogP contribution is 2.37. The normalized spacial score (nSPS) is 40.1. The molecular formula is C51H82N2O13. The van der Waals surface area contributed by atoms with E-state index in [1.165, 1.54) is 12.0 Å². The first-order valence-electron chi connectivity index (χ1n) is 24.2. The number of ketones is 2. The van der Waals surface area contributed by atoms with E-state index in [9.17, 15) is 34.5 Å². The number of aliphatic hydroxyl groups is 3. The molecule has 2 saturated heterocycles. The Bertz CT molecular complexity index is 1730. The van der Waals surface area contributed by atoms with Crippen LogP contribution in [0.4, 0.5) is 0 Å². The minimum absolute atomic E-state index is 0.0219. The Morgan fingerprint density at radius 2 is 1.55 bits per heavy atom. The van der Waals surface area contributed by atoms with Gasteiger partial charge < -0.3 is 54.4 Å². The molecule has 66 heavy (non-hydrogen) atoms. The second-order valence-electron chi connectivity index (χ2n) is 19.7. The van der Waals surface area contributed by atoms with Crippen LogP contribution in [0.15, 0.2) is 47.6 Å². The Hall–Kier alpha value is -3.12. The summed E-state index contributed by atoms with van der Waals surface area (Å²) in [5.74, 6) is -7.26. The molecule has 15 nitrogen and oxygen atoms in total. The predicted molar refractivity (Wildman–Crippen MR) is 250 cm³/mol. The van der Waals surface area contributed by atoms with Crippen LogP contribution in [-0.4, -0.2) is 145 Å². The molecule has 5 N–H and O–H groups in total. The van der Waals surface area contributed by atoms with E-state index in [1.807, 2.05) is 51.2 Å². The second-order valence-corrected chi connectivity index (χ2v) is 19.7. The Kier molecular flexibility index (Phi) is 21.9. The summed E-state index contributed by atoms with van der Waals surface area (Å²) in [7, 11) is 6.28. The molecule has 0 aromatic heterocycles. The highest BCUT2D eigenvalue weighted by atomic mass is 16.6. The number of hydrogen-bond donors (Lipinski definition) is 4. The molecule has 3 aliphatic heterocycles. The standard InChI is InChI=1S/C51H82N2O13/c1-30-16-12-11-13-17-31(2)42(62-8)28-37-21-19-35(6)51(60,66-37)48(57)49(58)53-23-15-14-18-39(53)50(59)65-43(32(3)25-34(5)46(56)47(64-10)45(55)33(4)24-30)29-40(54)38(52)26-36-20-22-41(61-7)44(27-36)63-9/h11-13,16-17,25,30,32-33,35-44,46-47,54,56,60H,14-15,18-24,26-29,52H2,1-10H3/b13-11+,16-12+,31-17+,34-25+/t30-,32-,33-,35-,36+,37+,38-,39+,40+,41-,42+,43-,44-,46-,47+,51-/m1/s1. The maximum absolute atomic E-state index is 14.4. The summed E-state index contributed by atoms with van der Waals surface area (Å²) in [6.07, 6.45) is 11.3. The number of carbonyl (C=O) groups excluding carboxylic acids is 4. The molecule has 1 saturated carbocycles. The predicted octanol–water partition coefficient (Wildman–Crippen LogP) is 5.32. The maximum Gasteiger partial charge on any atom is 0.329 e. The average molecular weight is 931 g/mol. The van der Waals surface area contributed by atoms with Crippen LogP contribution in [0, 0.1) is 29.6 Å². The van der Waals surface area contributed by atoms with Gasteiger partial charge in [-0.3, -0.25) is 14.4 Å². The van der Waals surface area contributed by atoms with Gasteiger partial charge in [-0.05, 0) is 101 Å². The van der Waals surface area contributed by atoms with E-state index in [0.29, 0.717) is 56.9 Å². The number of esters is 1. The summed E-state index contributed by atoms with van der Waals surface area (Å²) >= 11 is 0. The van der Waals surface area contributed by atoms with Crippen LogP contribution in [0.1, 0.15) is 119 Å². The zero-order chi connectivity index (χ0) is 48.9. The zero-order valence-electron chi connectivity index (χ0n) is 41.3. The molecule has 16 atom stereocenters. The molecular weight excluding hydrogens is 849 g/mol. The van der Waals surface area contributed by atoms with Gasteiger partial charge in [-0.25, -0.2) is 4.79 Å². The van der Waals surface area contributed by atoms with E-state index < -0.39 is 89.9 Å². The lowest BCUT2D eigenvalue weighted by molar-refractivity contribution is -0.265. The molecule has 2 bridgehead atoms. The number of aliphatic hydroxyl groups excluding tert-OH is 2. The van der Waals surface area contributed by atoms with E-state index >= 15 is 0 Å². The third-order valence-corrected chi connectivity index (χ3v) is 14.7. The summed E-state index contributed by atoms with van der Waals surface area (Å²) in [5, 5.41) is 35.3. The van der Waals surface area contributed by atoms with Gasteiger partial charge in [0.1, 0.15) is 24.4 Å². The molecule has 0 aromatic rings. The van der Waals surface area contributed by atoms with E-state index in [2.05, 4.69) is 0 Å². The molecule has 374 valence electrons. The summed E-state index contributed by atoms with van der Waals surface area (Å²) < 4.78 is 35.2. The van der Waals surface area contributed by atoms with Gasteiger partial charge in [0.2, 0.25) is 5.79 Å². The van der Waals surface area contributed by atoms with Gasteiger partial charge in [0.15, 0.2) is 5.78 Å². The van der Waals surface area contributed by atoms with Crippen molar-refractivity contribution in [3.05, 3.63) is 47.6 Å². The number of Topliss-reactive ketones (excluding diaryl/α,β-unsaturated/α-hetero) is 2. The van der Waals surface area contributed by atoms with Crippen LogP contribution >= 0.6 is 0 Å². The first-order valence-corrected chi connectivity index (χ1v) is 24.2. The topological polar surface area (TPSA) is 214 Å². The number of carbonyl (C=O) groups is 4. The summed E-state index contributed by atoms with van der Waals surface area (Å²) in [4.78, 5) is 57.9. The molecule has 1 aliphatic carbocycles. The monoisotopic (exact) mass is 931 g/mol. The lowest BCUT2D eigenvalue weighted by Gasteiger charge is -2.42. The highest BCUT2D eigenvalue weighted by molar-refractivity contribution is 6.39. The van der Waals surface area contributed by atoms with Crippen molar-refractivity contribution >= 4 is 23.4 Å². The van der Waals surface area contributed by atoms with Crippen LogP contribution in [0.5, 0.6) is 0 Å². The molecule has 3 fully saturated rings. The molecule has 0 unspecified atom stereocenters. The number of rotatable bonds is 9. The number of nitrogens with zero attached hydrogens (tertiary/aromatic N) is 1. The van der Waals surface area contributed by atoms with Crippen molar-refractivity contribution in [2.75, 3.05) is 35.0 Å². The fourth-order valence-corrected chi connectivity index (χ4v) is 10.3. The number of methoxy groups -OCH3 is 4. The Balaban J connectivity index is 1.70. The number of ether oxygens (including phenoxy) is 6. The van der Waals surface area contributed by atoms with Gasteiger partial charge in [0, 0.05) is 71.6 Å². The van der Waals surface area contributed by atoms with Crippen molar-refractivity contribution < 1.29 is 62.9 Å². The summed E-state index contributed by atoms with van der Waals surface area (Å²) in [6.45, 7) is 10.9. The first-order chi connectivity index (χ1) is 31.3. The van der Waals surface area contributed by atoms with Crippen LogP contribution in [0.2, 0.25) is 0 Å². The number of hydrogen-bond acceptors (Lipinski definition) is 14. The van der Waals surface area contributed by atoms with Crippen LogP contribution < -0.4 is 5.73 Å². The number of amides is 1. The van der Waals surface area contributed by atoms with Crippen molar-refractivity contribution in [2.24, 2.45) is 35.3 Å². The quantitative estimate of drug-likeness (QED) is 0.131. The van der Waals surface area contributed by atoms with E-state index in [1.54, 1.807) is 48.2 Å². The van der Waals surface area contributed by atoms with E-state index in [0.717, 1.165) is 18.4 Å². The number of fused-ring (bicyclic) bond motifs is 3. The highest BCUT2D eigenvalue weighted by Gasteiger charge is 2.53. The van der Waals surface area contributed by atoms with Gasteiger partial charge in [0.05, 0.1) is 30.5 Å². The third kappa shape index (κ3) is 14.5. The molecule has 1 amide bonds. The smallest absolute Gasteiger partial charge is 0.329 e. The average Bonchev–Trinajstić information content (AvgIpc) is 3.30. The van der Waals surface area contributed by atoms with Crippen LogP contribution in [-0.2, 0) is 47.6 Å². The Morgan fingerprint density at radius 3 is 2.21 bits per heavy atom. The number of allylic oxidation sites excluding steroid dienone is 5. The lowest BCUT2D eigenvalue weighted by Crippen LogP contribution is -2.61. The fourth-order valence-electron chi connectivity index (χ4n) is 10.3. The maximum atomic E-state index is 14.4.